The van der Waals surface area contributed by atoms with Crippen LogP contribution in [0, 0.1) is 6.92 Å². The molecule has 19 heavy (non-hydrogen) atoms. The Kier molecular flexibility index (Phi) is 4.30. The SMILES string of the molecule is Cc1ccc(NCc2cn(C)nc2C(C)C)cc1Br. The Bertz CT molecular complexity index is 573. The van der Waals surface area contributed by atoms with Gasteiger partial charge < -0.3 is 5.32 Å². The highest BCUT2D eigenvalue weighted by Crippen LogP contribution is 2.22. The third-order valence-corrected chi connectivity index (χ3v) is 3.99. The average Bonchev–Trinajstić information content (AvgIpc) is 2.72. The minimum atomic E-state index is 0.447. The first-order valence-corrected chi connectivity index (χ1v) is 7.29. The summed E-state index contributed by atoms with van der Waals surface area (Å²) in [6.07, 6.45) is 2.09. The summed E-state index contributed by atoms with van der Waals surface area (Å²) in [5, 5.41) is 7.98. The average molecular weight is 322 g/mol. The Labute approximate surface area is 123 Å². The van der Waals surface area contributed by atoms with Gasteiger partial charge in [-0.1, -0.05) is 35.8 Å². The van der Waals surface area contributed by atoms with Crippen molar-refractivity contribution in [3.8, 4) is 0 Å². The maximum absolute atomic E-state index is 4.52. The maximum atomic E-state index is 4.52. The lowest BCUT2D eigenvalue weighted by Crippen LogP contribution is -2.02. The molecule has 2 aromatic rings. The number of benzene rings is 1. The van der Waals surface area contributed by atoms with Gasteiger partial charge in [0.1, 0.15) is 0 Å². The summed E-state index contributed by atoms with van der Waals surface area (Å²) in [5.74, 6) is 0.447. The summed E-state index contributed by atoms with van der Waals surface area (Å²) >= 11 is 3.56. The molecule has 1 heterocycles. The fourth-order valence-electron chi connectivity index (χ4n) is 2.08. The Balaban J connectivity index is 2.12. The molecular formula is C15H20BrN3. The first kappa shape index (κ1) is 14.1. The number of nitrogens with zero attached hydrogens (tertiary/aromatic N) is 2. The van der Waals surface area contributed by atoms with Crippen LogP contribution in [-0.2, 0) is 13.6 Å². The molecule has 0 atom stereocenters. The van der Waals surface area contributed by atoms with Crippen molar-refractivity contribution in [3.63, 3.8) is 0 Å². The third-order valence-electron chi connectivity index (χ3n) is 3.14. The molecule has 0 saturated carbocycles. The minimum absolute atomic E-state index is 0.447. The van der Waals surface area contributed by atoms with Crippen LogP contribution >= 0.6 is 15.9 Å². The third kappa shape index (κ3) is 3.38. The zero-order valence-electron chi connectivity index (χ0n) is 11.9. The normalized spacial score (nSPS) is 11.1. The molecule has 0 saturated heterocycles. The zero-order chi connectivity index (χ0) is 14.0. The number of anilines is 1. The number of rotatable bonds is 4. The fourth-order valence-corrected chi connectivity index (χ4v) is 2.46. The van der Waals surface area contributed by atoms with E-state index in [0.29, 0.717) is 5.92 Å². The number of aromatic nitrogens is 2. The van der Waals surface area contributed by atoms with Gasteiger partial charge in [0.2, 0.25) is 0 Å². The van der Waals surface area contributed by atoms with Crippen molar-refractivity contribution in [2.75, 3.05) is 5.32 Å². The topological polar surface area (TPSA) is 29.9 Å². The summed E-state index contributed by atoms with van der Waals surface area (Å²) < 4.78 is 3.02. The number of halogens is 1. The smallest absolute Gasteiger partial charge is 0.0699 e. The molecule has 0 unspecified atom stereocenters. The van der Waals surface area contributed by atoms with Gasteiger partial charge in [-0.15, -0.1) is 0 Å². The lowest BCUT2D eigenvalue weighted by Gasteiger charge is -2.09. The van der Waals surface area contributed by atoms with E-state index in [1.165, 1.54) is 16.8 Å². The summed E-state index contributed by atoms with van der Waals surface area (Å²) in [6.45, 7) is 7.24. The second-order valence-electron chi connectivity index (χ2n) is 5.19. The van der Waals surface area contributed by atoms with E-state index in [4.69, 9.17) is 0 Å². The molecule has 2 rings (SSSR count). The molecule has 1 N–H and O–H groups in total. The summed E-state index contributed by atoms with van der Waals surface area (Å²) in [4.78, 5) is 0. The standard InChI is InChI=1S/C15H20BrN3/c1-10(2)15-12(9-19(4)18-15)8-17-13-6-5-11(3)14(16)7-13/h5-7,9-10,17H,8H2,1-4H3. The van der Waals surface area contributed by atoms with Crippen LogP contribution in [-0.4, -0.2) is 9.78 Å². The van der Waals surface area contributed by atoms with E-state index in [-0.39, 0.29) is 0 Å². The van der Waals surface area contributed by atoms with E-state index in [1.807, 2.05) is 11.7 Å². The predicted molar refractivity (Wildman–Crippen MR) is 83.5 cm³/mol. The van der Waals surface area contributed by atoms with Crippen LogP contribution in [0.15, 0.2) is 28.9 Å². The molecule has 0 amide bonds. The quantitative estimate of drug-likeness (QED) is 0.913. The molecule has 0 spiro atoms. The Morgan fingerprint density at radius 2 is 2.11 bits per heavy atom. The molecule has 0 radical (unpaired) electrons. The zero-order valence-corrected chi connectivity index (χ0v) is 13.5. The largest absolute Gasteiger partial charge is 0.381 e. The maximum Gasteiger partial charge on any atom is 0.0699 e. The van der Waals surface area contributed by atoms with Gasteiger partial charge in [0.25, 0.3) is 0 Å². The fraction of sp³-hybridized carbons (Fsp3) is 0.400. The molecule has 3 nitrogen and oxygen atoms in total. The van der Waals surface area contributed by atoms with Gasteiger partial charge in [-0.3, -0.25) is 4.68 Å². The lowest BCUT2D eigenvalue weighted by atomic mass is 10.1. The highest BCUT2D eigenvalue weighted by atomic mass is 79.9. The van der Waals surface area contributed by atoms with E-state index < -0.39 is 0 Å². The highest BCUT2D eigenvalue weighted by molar-refractivity contribution is 9.10. The van der Waals surface area contributed by atoms with Gasteiger partial charge in [-0.2, -0.15) is 5.10 Å². The van der Waals surface area contributed by atoms with Gasteiger partial charge in [-0.05, 0) is 30.5 Å². The molecule has 0 aliphatic carbocycles. The van der Waals surface area contributed by atoms with Crippen LogP contribution in [0.5, 0.6) is 0 Å². The molecule has 0 fully saturated rings. The monoisotopic (exact) mass is 321 g/mol. The number of aryl methyl sites for hydroxylation is 2. The predicted octanol–water partition coefficient (Wildman–Crippen LogP) is 4.23. The van der Waals surface area contributed by atoms with E-state index >= 15 is 0 Å². The minimum Gasteiger partial charge on any atom is -0.381 e. The first-order chi connectivity index (χ1) is 8.97. The second kappa shape index (κ2) is 5.78. The first-order valence-electron chi connectivity index (χ1n) is 6.50. The number of hydrogen-bond acceptors (Lipinski definition) is 2. The van der Waals surface area contributed by atoms with Crippen LogP contribution in [0.2, 0.25) is 0 Å². The van der Waals surface area contributed by atoms with Crippen LogP contribution in [0.25, 0.3) is 0 Å². The summed E-state index contributed by atoms with van der Waals surface area (Å²) in [7, 11) is 1.97. The molecule has 0 aliphatic rings. The van der Waals surface area contributed by atoms with Crippen molar-refractivity contribution in [1.29, 1.82) is 0 Å². The van der Waals surface area contributed by atoms with Gasteiger partial charge >= 0.3 is 0 Å². The van der Waals surface area contributed by atoms with Crippen LogP contribution in [0.1, 0.15) is 36.6 Å². The number of hydrogen-bond donors (Lipinski definition) is 1. The Morgan fingerprint density at radius 3 is 2.74 bits per heavy atom. The Morgan fingerprint density at radius 1 is 1.37 bits per heavy atom. The summed E-state index contributed by atoms with van der Waals surface area (Å²) in [5.41, 5.74) is 4.79. The van der Waals surface area contributed by atoms with E-state index in [9.17, 15) is 0 Å². The van der Waals surface area contributed by atoms with Crippen molar-refractivity contribution >= 4 is 21.6 Å². The molecule has 0 bridgehead atoms. The van der Waals surface area contributed by atoms with Crippen LogP contribution < -0.4 is 5.32 Å². The molecule has 4 heteroatoms. The molecule has 102 valence electrons. The van der Waals surface area contributed by atoms with E-state index in [0.717, 1.165) is 16.7 Å². The van der Waals surface area contributed by atoms with Crippen molar-refractivity contribution in [3.05, 3.63) is 45.7 Å². The second-order valence-corrected chi connectivity index (χ2v) is 6.04. The van der Waals surface area contributed by atoms with Crippen molar-refractivity contribution < 1.29 is 0 Å². The molecular weight excluding hydrogens is 302 g/mol. The molecule has 1 aromatic heterocycles. The lowest BCUT2D eigenvalue weighted by molar-refractivity contribution is 0.712. The van der Waals surface area contributed by atoms with Gasteiger partial charge in [0, 0.05) is 35.5 Å². The van der Waals surface area contributed by atoms with Crippen molar-refractivity contribution in [2.45, 2.75) is 33.2 Å². The van der Waals surface area contributed by atoms with Gasteiger partial charge in [0.05, 0.1) is 5.69 Å². The highest BCUT2D eigenvalue weighted by Gasteiger charge is 2.11. The van der Waals surface area contributed by atoms with Gasteiger partial charge in [-0.25, -0.2) is 0 Å². The van der Waals surface area contributed by atoms with Crippen molar-refractivity contribution in [2.24, 2.45) is 7.05 Å². The van der Waals surface area contributed by atoms with E-state index in [2.05, 4.69) is 71.5 Å². The van der Waals surface area contributed by atoms with Crippen molar-refractivity contribution in [1.82, 2.24) is 9.78 Å². The van der Waals surface area contributed by atoms with Gasteiger partial charge in [0.15, 0.2) is 0 Å². The summed E-state index contributed by atoms with van der Waals surface area (Å²) in [6, 6.07) is 6.32. The van der Waals surface area contributed by atoms with Crippen LogP contribution in [0.4, 0.5) is 5.69 Å². The molecule has 0 aliphatic heterocycles. The molecule has 1 aromatic carbocycles. The number of nitrogens with one attached hydrogen (secondary N) is 1. The Hall–Kier alpha value is -1.29. The van der Waals surface area contributed by atoms with E-state index in [1.54, 1.807) is 0 Å². The van der Waals surface area contributed by atoms with Crippen LogP contribution in [0.3, 0.4) is 0 Å².